The Balaban J connectivity index is 1.54. The lowest BCUT2D eigenvalue weighted by Crippen LogP contribution is -2.52. The highest BCUT2D eigenvalue weighted by atomic mass is 32.2. The molecule has 1 N–H and O–H groups in total. The van der Waals surface area contributed by atoms with E-state index in [0.29, 0.717) is 37.2 Å². The van der Waals surface area contributed by atoms with Gasteiger partial charge in [-0.25, -0.2) is 8.42 Å². The summed E-state index contributed by atoms with van der Waals surface area (Å²) in [5, 5.41) is 2.71. The molecular formula is C22H26N2O4S. The molecule has 2 aromatic carbocycles. The van der Waals surface area contributed by atoms with Crippen molar-refractivity contribution in [1.29, 1.82) is 0 Å². The Labute approximate surface area is 171 Å². The van der Waals surface area contributed by atoms with Crippen LogP contribution in [0.1, 0.15) is 37.2 Å². The number of nitrogens with zero attached hydrogens (tertiary/aromatic N) is 1. The molecule has 6 nitrogen and oxygen atoms in total. The van der Waals surface area contributed by atoms with E-state index in [2.05, 4.69) is 5.32 Å². The van der Waals surface area contributed by atoms with Gasteiger partial charge >= 0.3 is 0 Å². The van der Waals surface area contributed by atoms with Crippen LogP contribution in [0, 0.1) is 0 Å². The molecule has 1 saturated heterocycles. The maximum Gasteiger partial charge on any atom is 0.243 e. The Hall–Kier alpha value is -2.38. The largest absolute Gasteiger partial charge is 0.487 e. The van der Waals surface area contributed by atoms with Crippen LogP contribution in [0.4, 0.5) is 0 Å². The van der Waals surface area contributed by atoms with Crippen LogP contribution >= 0.6 is 0 Å². The number of ether oxygens (including phenoxy) is 1. The molecule has 2 heterocycles. The fraction of sp³-hybridized carbons (Fsp3) is 0.409. The molecule has 0 aliphatic carbocycles. The van der Waals surface area contributed by atoms with Gasteiger partial charge in [0.15, 0.2) is 0 Å². The van der Waals surface area contributed by atoms with Crippen LogP contribution in [0.5, 0.6) is 5.75 Å². The molecule has 1 spiro atoms. The number of carbonyl (C=O) groups excluding carboxylic acids is 1. The number of fused-ring (bicyclic) bond motifs is 1. The summed E-state index contributed by atoms with van der Waals surface area (Å²) in [6, 6.07) is 16.4. The third-order valence-electron chi connectivity index (χ3n) is 6.03. The maximum atomic E-state index is 12.9. The van der Waals surface area contributed by atoms with E-state index in [-0.39, 0.29) is 11.8 Å². The summed E-state index contributed by atoms with van der Waals surface area (Å²) in [6.45, 7) is 0.818. The number of hydrogen-bond donors (Lipinski definition) is 1. The Bertz CT molecular complexity index is 983. The zero-order chi connectivity index (χ0) is 20.5. The highest BCUT2D eigenvalue weighted by Gasteiger charge is 2.45. The Morgan fingerprint density at radius 3 is 2.45 bits per heavy atom. The second kappa shape index (κ2) is 7.80. The molecule has 2 aromatic rings. The summed E-state index contributed by atoms with van der Waals surface area (Å²) in [4.78, 5) is 12.4. The molecule has 154 valence electrons. The van der Waals surface area contributed by atoms with Gasteiger partial charge < -0.3 is 10.1 Å². The summed E-state index contributed by atoms with van der Waals surface area (Å²) in [5.74, 6) is 0.884. The molecule has 4 rings (SSSR count). The first kappa shape index (κ1) is 19.9. The van der Waals surface area contributed by atoms with E-state index in [1.807, 2.05) is 30.3 Å². The minimum atomic E-state index is -3.50. The second-order valence-electron chi connectivity index (χ2n) is 7.82. The van der Waals surface area contributed by atoms with Gasteiger partial charge in [-0.05, 0) is 30.2 Å². The molecular weight excluding hydrogens is 388 g/mol. The molecule has 0 aromatic heterocycles. The number of nitrogens with one attached hydrogen (secondary N) is 1. The summed E-state index contributed by atoms with van der Waals surface area (Å²) < 4.78 is 33.8. The number of piperidine rings is 1. The van der Waals surface area contributed by atoms with Gasteiger partial charge in [0.2, 0.25) is 15.9 Å². The van der Waals surface area contributed by atoms with Gasteiger partial charge in [-0.2, -0.15) is 4.31 Å². The predicted molar refractivity (Wildman–Crippen MR) is 110 cm³/mol. The molecule has 0 bridgehead atoms. The van der Waals surface area contributed by atoms with Gasteiger partial charge in [-0.1, -0.05) is 36.4 Å². The van der Waals surface area contributed by atoms with E-state index >= 15 is 0 Å². The first-order valence-corrected chi connectivity index (χ1v) is 11.4. The third kappa shape index (κ3) is 3.89. The highest BCUT2D eigenvalue weighted by Crippen LogP contribution is 2.46. The molecule has 7 heteroatoms. The normalized spacial score (nSPS) is 21.2. The van der Waals surface area contributed by atoms with Crippen molar-refractivity contribution in [3.8, 4) is 5.75 Å². The van der Waals surface area contributed by atoms with Gasteiger partial charge in [0.25, 0.3) is 0 Å². The molecule has 0 unspecified atom stereocenters. The quantitative estimate of drug-likeness (QED) is 0.835. The van der Waals surface area contributed by atoms with Crippen LogP contribution in [0.2, 0.25) is 0 Å². The number of hydrogen-bond acceptors (Lipinski definition) is 4. The molecule has 1 atom stereocenters. The van der Waals surface area contributed by atoms with Crippen LogP contribution in [0.25, 0.3) is 0 Å². The fourth-order valence-corrected chi connectivity index (χ4v) is 5.90. The van der Waals surface area contributed by atoms with Crippen LogP contribution in [0.15, 0.2) is 59.5 Å². The van der Waals surface area contributed by atoms with Crippen molar-refractivity contribution >= 4 is 15.9 Å². The summed E-state index contributed by atoms with van der Waals surface area (Å²) in [5.41, 5.74) is 0.622. The van der Waals surface area contributed by atoms with Crippen LogP contribution in [-0.4, -0.2) is 44.4 Å². The number of para-hydroxylation sites is 1. The average molecular weight is 415 g/mol. The number of rotatable bonds is 4. The zero-order valence-electron chi connectivity index (χ0n) is 16.5. The Morgan fingerprint density at radius 1 is 1.10 bits per heavy atom. The van der Waals surface area contributed by atoms with Crippen molar-refractivity contribution in [2.24, 2.45) is 0 Å². The number of amides is 1. The number of sulfonamides is 1. The van der Waals surface area contributed by atoms with Crippen molar-refractivity contribution in [3.05, 3.63) is 60.2 Å². The Kier molecular flexibility index (Phi) is 5.36. The smallest absolute Gasteiger partial charge is 0.243 e. The summed E-state index contributed by atoms with van der Waals surface area (Å²) >= 11 is 0. The predicted octanol–water partition coefficient (Wildman–Crippen LogP) is 2.91. The molecule has 1 fully saturated rings. The summed E-state index contributed by atoms with van der Waals surface area (Å²) in [6.07, 6.45) is 2.34. The number of benzene rings is 2. The van der Waals surface area contributed by atoms with E-state index < -0.39 is 15.6 Å². The average Bonchev–Trinajstić information content (AvgIpc) is 2.74. The van der Waals surface area contributed by atoms with Crippen molar-refractivity contribution in [3.63, 3.8) is 0 Å². The van der Waals surface area contributed by atoms with Gasteiger partial charge in [0.05, 0.1) is 4.90 Å². The first-order chi connectivity index (χ1) is 13.9. The van der Waals surface area contributed by atoms with Gasteiger partial charge in [0, 0.05) is 45.3 Å². The molecule has 1 amide bonds. The molecule has 29 heavy (non-hydrogen) atoms. The first-order valence-electron chi connectivity index (χ1n) is 9.97. The zero-order valence-corrected chi connectivity index (χ0v) is 17.3. The van der Waals surface area contributed by atoms with Crippen LogP contribution < -0.4 is 10.1 Å². The Morgan fingerprint density at radius 2 is 1.76 bits per heavy atom. The third-order valence-corrected chi connectivity index (χ3v) is 7.94. The van der Waals surface area contributed by atoms with E-state index in [9.17, 15) is 13.2 Å². The second-order valence-corrected chi connectivity index (χ2v) is 9.76. The van der Waals surface area contributed by atoms with Crippen molar-refractivity contribution in [2.75, 3.05) is 20.1 Å². The molecule has 2 aliphatic heterocycles. The van der Waals surface area contributed by atoms with Gasteiger partial charge in [-0.15, -0.1) is 0 Å². The summed E-state index contributed by atoms with van der Waals surface area (Å²) in [7, 11) is -1.85. The highest BCUT2D eigenvalue weighted by molar-refractivity contribution is 7.89. The lowest BCUT2D eigenvalue weighted by molar-refractivity contribution is -0.121. The maximum absolute atomic E-state index is 12.9. The van der Waals surface area contributed by atoms with Crippen molar-refractivity contribution in [1.82, 2.24) is 9.62 Å². The van der Waals surface area contributed by atoms with Gasteiger partial charge in [-0.3, -0.25) is 4.79 Å². The van der Waals surface area contributed by atoms with Crippen LogP contribution in [-0.2, 0) is 14.8 Å². The minimum absolute atomic E-state index is 0.00550. The minimum Gasteiger partial charge on any atom is -0.487 e. The topological polar surface area (TPSA) is 75.7 Å². The SMILES string of the molecule is CNC(=O)C[C@@H]1CC2(CCN(S(=O)(=O)c3ccccc3)CC2)Oc2ccccc21. The van der Waals surface area contributed by atoms with E-state index in [1.54, 1.807) is 35.6 Å². The molecule has 0 saturated carbocycles. The van der Waals surface area contributed by atoms with Crippen molar-refractivity contribution < 1.29 is 17.9 Å². The van der Waals surface area contributed by atoms with E-state index in [1.165, 1.54) is 0 Å². The van der Waals surface area contributed by atoms with Gasteiger partial charge in [0.1, 0.15) is 11.4 Å². The molecule has 2 aliphatic rings. The van der Waals surface area contributed by atoms with Crippen molar-refractivity contribution in [2.45, 2.75) is 42.1 Å². The standard InChI is InChI=1S/C22H26N2O4S/c1-23-21(25)15-17-16-22(28-20-10-6-5-9-19(17)20)11-13-24(14-12-22)29(26,27)18-7-3-2-4-8-18/h2-10,17H,11-16H2,1H3,(H,23,25)/t17-/m1/s1. The monoisotopic (exact) mass is 414 g/mol. The lowest BCUT2D eigenvalue weighted by atomic mass is 9.76. The van der Waals surface area contributed by atoms with E-state index in [0.717, 1.165) is 17.7 Å². The van der Waals surface area contributed by atoms with Crippen LogP contribution in [0.3, 0.4) is 0 Å². The lowest BCUT2D eigenvalue weighted by Gasteiger charge is -2.46. The van der Waals surface area contributed by atoms with E-state index in [4.69, 9.17) is 4.74 Å². The fourth-order valence-electron chi connectivity index (χ4n) is 4.43. The molecule has 0 radical (unpaired) electrons. The number of carbonyl (C=O) groups is 1.